The predicted octanol–water partition coefficient (Wildman–Crippen LogP) is 5.86. The molecule has 3 aromatic rings. The van der Waals surface area contributed by atoms with Gasteiger partial charge in [-0.2, -0.15) is 5.26 Å². The van der Waals surface area contributed by atoms with E-state index >= 15 is 0 Å². The lowest BCUT2D eigenvalue weighted by molar-refractivity contribution is -0.384. The highest BCUT2D eigenvalue weighted by molar-refractivity contribution is 6.33. The topological polar surface area (TPSA) is 138 Å². The van der Waals surface area contributed by atoms with Crippen LogP contribution in [0.25, 0.3) is 0 Å². The fraction of sp³-hybridized carbons (Fsp3) is 0.185. The van der Waals surface area contributed by atoms with Gasteiger partial charge >= 0.3 is 5.97 Å². The average Bonchev–Trinajstić information content (AvgIpc) is 2.88. The number of nitrogens with zero attached hydrogens (tertiary/aromatic N) is 2. The number of nitriles is 1. The number of carbonyl (C=O) groups excluding carboxylic acids is 1. The normalized spacial score (nSPS) is 14.2. The van der Waals surface area contributed by atoms with Crippen molar-refractivity contribution < 1.29 is 23.9 Å². The molecule has 1 unspecified atom stereocenters. The predicted molar refractivity (Wildman–Crippen MR) is 136 cm³/mol. The molecule has 0 fully saturated rings. The zero-order valence-corrected chi connectivity index (χ0v) is 20.5. The summed E-state index contributed by atoms with van der Waals surface area (Å²) in [4.78, 5) is 23.2. The van der Waals surface area contributed by atoms with Gasteiger partial charge in [0.1, 0.15) is 28.9 Å². The van der Waals surface area contributed by atoms with Gasteiger partial charge in [0.25, 0.3) is 5.69 Å². The highest BCUT2D eigenvalue weighted by Gasteiger charge is 2.33. The number of rotatable bonds is 8. The van der Waals surface area contributed by atoms with Gasteiger partial charge in [-0.15, -0.1) is 0 Å². The number of non-ortho nitro benzene ring substituents is 1. The van der Waals surface area contributed by atoms with E-state index in [0.29, 0.717) is 23.7 Å². The molecule has 1 atom stereocenters. The van der Waals surface area contributed by atoms with Gasteiger partial charge in [0.05, 0.1) is 28.0 Å². The minimum absolute atomic E-state index is 0.00962. The summed E-state index contributed by atoms with van der Waals surface area (Å²) in [7, 11) is 0. The van der Waals surface area contributed by atoms with Gasteiger partial charge in [-0.25, -0.2) is 4.79 Å². The van der Waals surface area contributed by atoms with Crippen molar-refractivity contribution in [1.82, 2.24) is 0 Å². The standard InChI is InChI=1S/C27H22ClN3O6/c1-2-3-12-35-23-7-5-4-6-18(23)25-19-10-9-17(14-24(19)37-26(30)21(25)15-29)36-27(32)20-13-16(31(33)34)8-11-22(20)28/h4-11,13-14,25H,2-3,12,30H2,1H3. The Kier molecular flexibility index (Phi) is 7.60. The first-order valence-corrected chi connectivity index (χ1v) is 11.8. The summed E-state index contributed by atoms with van der Waals surface area (Å²) < 4.78 is 17.1. The van der Waals surface area contributed by atoms with Gasteiger partial charge in [0, 0.05) is 29.3 Å². The first-order valence-electron chi connectivity index (χ1n) is 11.4. The number of allylic oxidation sites excluding steroid dienone is 1. The van der Waals surface area contributed by atoms with Crippen molar-refractivity contribution >= 4 is 23.3 Å². The van der Waals surface area contributed by atoms with Crippen LogP contribution in [0.15, 0.2) is 72.1 Å². The lowest BCUT2D eigenvalue weighted by Gasteiger charge is -2.28. The molecule has 0 aromatic heterocycles. The Morgan fingerprint density at radius 2 is 1.97 bits per heavy atom. The molecule has 188 valence electrons. The molecular formula is C27H22ClN3O6. The Hall–Kier alpha value is -4.55. The third-order valence-corrected chi connectivity index (χ3v) is 6.10. The number of hydrogen-bond acceptors (Lipinski definition) is 8. The van der Waals surface area contributed by atoms with Crippen LogP contribution in [-0.4, -0.2) is 17.5 Å². The summed E-state index contributed by atoms with van der Waals surface area (Å²) in [5.74, 6) is -0.496. The quantitative estimate of drug-likeness (QED) is 0.128. The first kappa shape index (κ1) is 25.5. The maximum Gasteiger partial charge on any atom is 0.345 e. The lowest BCUT2D eigenvalue weighted by atomic mass is 9.83. The lowest BCUT2D eigenvalue weighted by Crippen LogP contribution is -2.21. The van der Waals surface area contributed by atoms with Crippen molar-refractivity contribution in [3.8, 4) is 23.3 Å². The summed E-state index contributed by atoms with van der Waals surface area (Å²) in [5.41, 5.74) is 7.27. The van der Waals surface area contributed by atoms with E-state index in [-0.39, 0.29) is 33.5 Å². The second kappa shape index (κ2) is 11.0. The Labute approximate surface area is 217 Å². The van der Waals surface area contributed by atoms with Crippen molar-refractivity contribution in [3.63, 3.8) is 0 Å². The van der Waals surface area contributed by atoms with E-state index < -0.39 is 16.8 Å². The number of ether oxygens (including phenoxy) is 3. The molecule has 37 heavy (non-hydrogen) atoms. The van der Waals surface area contributed by atoms with E-state index in [9.17, 15) is 20.2 Å². The number of unbranched alkanes of at least 4 members (excludes halogenated alkanes) is 1. The maximum atomic E-state index is 12.7. The van der Waals surface area contributed by atoms with Crippen molar-refractivity contribution in [2.24, 2.45) is 5.73 Å². The van der Waals surface area contributed by atoms with Crippen molar-refractivity contribution in [2.45, 2.75) is 25.7 Å². The van der Waals surface area contributed by atoms with Crippen LogP contribution in [0.4, 0.5) is 5.69 Å². The van der Waals surface area contributed by atoms with Gasteiger partial charge in [0.15, 0.2) is 0 Å². The van der Waals surface area contributed by atoms with Gasteiger partial charge in [0.2, 0.25) is 5.88 Å². The van der Waals surface area contributed by atoms with Crippen LogP contribution in [0, 0.1) is 21.4 Å². The number of para-hydroxylation sites is 1. The third kappa shape index (κ3) is 5.34. The SMILES string of the molecule is CCCCOc1ccccc1C1C(C#N)=C(N)Oc2cc(OC(=O)c3cc([N+](=O)[O-])ccc3Cl)ccc21. The van der Waals surface area contributed by atoms with Gasteiger partial charge < -0.3 is 19.9 Å². The van der Waals surface area contributed by atoms with Crippen LogP contribution < -0.4 is 19.9 Å². The molecule has 0 amide bonds. The summed E-state index contributed by atoms with van der Waals surface area (Å²) in [5, 5.41) is 21.0. The largest absolute Gasteiger partial charge is 0.493 e. The number of hydrogen-bond donors (Lipinski definition) is 1. The van der Waals surface area contributed by atoms with E-state index in [1.54, 1.807) is 6.07 Å². The zero-order chi connectivity index (χ0) is 26.5. The van der Waals surface area contributed by atoms with E-state index in [4.69, 9.17) is 31.5 Å². The van der Waals surface area contributed by atoms with E-state index in [0.717, 1.165) is 24.5 Å². The average molecular weight is 520 g/mol. The molecule has 4 rings (SSSR count). The Balaban J connectivity index is 1.69. The van der Waals surface area contributed by atoms with E-state index in [1.807, 2.05) is 24.3 Å². The molecular weight excluding hydrogens is 498 g/mol. The molecule has 0 saturated heterocycles. The molecule has 0 saturated carbocycles. The summed E-state index contributed by atoms with van der Waals surface area (Å²) in [6.45, 7) is 2.60. The zero-order valence-electron chi connectivity index (χ0n) is 19.8. The van der Waals surface area contributed by atoms with Gasteiger partial charge in [-0.1, -0.05) is 49.2 Å². The molecule has 1 heterocycles. The monoisotopic (exact) mass is 519 g/mol. The molecule has 0 aliphatic carbocycles. The molecule has 0 radical (unpaired) electrons. The van der Waals surface area contributed by atoms with Gasteiger partial charge in [-0.05, 0) is 24.6 Å². The Morgan fingerprint density at radius 3 is 2.70 bits per heavy atom. The molecule has 3 aromatic carbocycles. The highest BCUT2D eigenvalue weighted by atomic mass is 35.5. The Bertz CT molecular complexity index is 1450. The fourth-order valence-corrected chi connectivity index (χ4v) is 4.14. The fourth-order valence-electron chi connectivity index (χ4n) is 3.94. The molecule has 2 N–H and O–H groups in total. The second-order valence-electron chi connectivity index (χ2n) is 8.18. The molecule has 0 spiro atoms. The van der Waals surface area contributed by atoms with Crippen LogP contribution in [0.3, 0.4) is 0 Å². The van der Waals surface area contributed by atoms with Gasteiger partial charge in [-0.3, -0.25) is 10.1 Å². The van der Waals surface area contributed by atoms with E-state index in [1.165, 1.54) is 24.3 Å². The minimum Gasteiger partial charge on any atom is -0.493 e. The third-order valence-electron chi connectivity index (χ3n) is 5.77. The molecule has 1 aliphatic heterocycles. The number of esters is 1. The first-order chi connectivity index (χ1) is 17.8. The number of nitro groups is 1. The molecule has 10 heteroatoms. The number of benzene rings is 3. The molecule has 1 aliphatic rings. The van der Waals surface area contributed by atoms with E-state index in [2.05, 4.69) is 13.0 Å². The Morgan fingerprint density at radius 1 is 1.19 bits per heavy atom. The van der Waals surface area contributed by atoms with Crippen molar-refractivity contribution in [1.29, 1.82) is 5.26 Å². The van der Waals surface area contributed by atoms with Crippen LogP contribution in [-0.2, 0) is 0 Å². The van der Waals surface area contributed by atoms with Crippen LogP contribution in [0.2, 0.25) is 5.02 Å². The van der Waals surface area contributed by atoms with Crippen LogP contribution in [0.5, 0.6) is 17.2 Å². The highest BCUT2D eigenvalue weighted by Crippen LogP contribution is 2.46. The molecule has 9 nitrogen and oxygen atoms in total. The minimum atomic E-state index is -0.878. The maximum absolute atomic E-state index is 12.7. The number of carbonyl (C=O) groups is 1. The summed E-state index contributed by atoms with van der Waals surface area (Å²) >= 11 is 6.06. The summed E-state index contributed by atoms with van der Waals surface area (Å²) in [6, 6.07) is 17.7. The van der Waals surface area contributed by atoms with Crippen LogP contribution in [0.1, 0.15) is 47.2 Å². The molecule has 0 bridgehead atoms. The van der Waals surface area contributed by atoms with Crippen molar-refractivity contribution in [3.05, 3.63) is 104 Å². The van der Waals surface area contributed by atoms with Crippen molar-refractivity contribution in [2.75, 3.05) is 6.61 Å². The smallest absolute Gasteiger partial charge is 0.345 e. The summed E-state index contributed by atoms with van der Waals surface area (Å²) in [6.07, 6.45) is 1.85. The van der Waals surface area contributed by atoms with Crippen LogP contribution >= 0.6 is 11.6 Å². The number of fused-ring (bicyclic) bond motifs is 1. The number of nitrogens with two attached hydrogens (primary N) is 1. The number of nitro benzene ring substituents is 1. The second-order valence-corrected chi connectivity index (χ2v) is 8.58. The number of halogens is 1.